The maximum atomic E-state index is 12.2. The Bertz CT molecular complexity index is 451. The number of rotatable bonds is 5. The summed E-state index contributed by atoms with van der Waals surface area (Å²) < 4.78 is 28.8. The van der Waals surface area contributed by atoms with Crippen molar-refractivity contribution in [3.63, 3.8) is 0 Å². The monoisotopic (exact) mass is 324 g/mol. The van der Waals surface area contributed by atoms with Crippen molar-refractivity contribution >= 4 is 28.9 Å². The van der Waals surface area contributed by atoms with Crippen LogP contribution in [0.2, 0.25) is 10.0 Å². The van der Waals surface area contributed by atoms with E-state index in [1.165, 1.54) is 12.1 Å². The largest absolute Gasteiger partial charge is 0.432 e. The number of hydrogen-bond acceptors (Lipinski definition) is 3. The highest BCUT2D eigenvalue weighted by Crippen LogP contribution is 2.38. The minimum Gasteiger partial charge on any atom is -0.432 e. The summed E-state index contributed by atoms with van der Waals surface area (Å²) in [6.45, 7) is -2.34. The molecule has 1 aliphatic rings. The van der Waals surface area contributed by atoms with Gasteiger partial charge < -0.3 is 15.8 Å². The smallest absolute Gasteiger partial charge is 0.387 e. The van der Waals surface area contributed by atoms with Crippen molar-refractivity contribution in [1.29, 1.82) is 0 Å². The average molecular weight is 325 g/mol. The molecular formula is C13H16Cl2F2N2O. The second-order valence-corrected chi connectivity index (χ2v) is 5.64. The van der Waals surface area contributed by atoms with Gasteiger partial charge in [0.25, 0.3) is 0 Å². The first-order chi connectivity index (χ1) is 9.51. The fourth-order valence-corrected chi connectivity index (χ4v) is 3.14. The van der Waals surface area contributed by atoms with E-state index < -0.39 is 6.61 Å². The van der Waals surface area contributed by atoms with Gasteiger partial charge in [0.2, 0.25) is 0 Å². The van der Waals surface area contributed by atoms with Gasteiger partial charge in [-0.2, -0.15) is 8.78 Å². The highest BCUT2D eigenvalue weighted by atomic mass is 35.5. The Morgan fingerprint density at radius 2 is 1.95 bits per heavy atom. The lowest BCUT2D eigenvalue weighted by Crippen LogP contribution is -2.29. The highest BCUT2D eigenvalue weighted by molar-refractivity contribution is 6.37. The van der Waals surface area contributed by atoms with E-state index in [0.717, 1.165) is 19.3 Å². The topological polar surface area (TPSA) is 47.3 Å². The number of hydrogen-bond donors (Lipinski definition) is 2. The third-order valence-electron chi connectivity index (χ3n) is 3.52. The van der Waals surface area contributed by atoms with E-state index in [-0.39, 0.29) is 21.8 Å². The SMILES string of the molecule is NCC1CCCC1Nc1cc(Cl)c(OC(F)F)c(Cl)c1. The van der Waals surface area contributed by atoms with Crippen molar-refractivity contribution in [2.45, 2.75) is 31.9 Å². The summed E-state index contributed by atoms with van der Waals surface area (Å²) in [7, 11) is 0. The Morgan fingerprint density at radius 1 is 1.30 bits per heavy atom. The van der Waals surface area contributed by atoms with Crippen LogP contribution in [0.4, 0.5) is 14.5 Å². The van der Waals surface area contributed by atoms with Gasteiger partial charge in [-0.25, -0.2) is 0 Å². The zero-order valence-electron chi connectivity index (χ0n) is 10.7. The third kappa shape index (κ3) is 3.65. The molecule has 0 spiro atoms. The van der Waals surface area contributed by atoms with Crippen LogP contribution in [0.5, 0.6) is 5.75 Å². The molecule has 1 saturated carbocycles. The zero-order chi connectivity index (χ0) is 14.7. The van der Waals surface area contributed by atoms with Crippen molar-refractivity contribution in [2.24, 2.45) is 11.7 Å². The zero-order valence-corrected chi connectivity index (χ0v) is 12.2. The Labute approximate surface area is 126 Å². The van der Waals surface area contributed by atoms with E-state index in [9.17, 15) is 8.78 Å². The van der Waals surface area contributed by atoms with E-state index in [0.29, 0.717) is 18.2 Å². The summed E-state index contributed by atoms with van der Waals surface area (Å²) in [4.78, 5) is 0. The number of halogens is 4. The molecule has 0 amide bonds. The lowest BCUT2D eigenvalue weighted by atomic mass is 10.0. The van der Waals surface area contributed by atoms with Gasteiger partial charge in [-0.1, -0.05) is 29.6 Å². The maximum Gasteiger partial charge on any atom is 0.387 e. The van der Waals surface area contributed by atoms with Crippen LogP contribution in [0.3, 0.4) is 0 Å². The lowest BCUT2D eigenvalue weighted by Gasteiger charge is -2.21. The molecule has 0 aromatic heterocycles. The molecule has 3 N–H and O–H groups in total. The summed E-state index contributed by atoms with van der Waals surface area (Å²) in [6, 6.07) is 3.34. The average Bonchev–Trinajstić information content (AvgIpc) is 2.81. The second-order valence-electron chi connectivity index (χ2n) is 4.83. The third-order valence-corrected chi connectivity index (χ3v) is 4.08. The van der Waals surface area contributed by atoms with Crippen molar-refractivity contribution in [3.05, 3.63) is 22.2 Å². The molecule has 0 radical (unpaired) electrons. The van der Waals surface area contributed by atoms with E-state index in [1.54, 1.807) is 0 Å². The molecule has 1 aromatic rings. The molecule has 2 atom stereocenters. The summed E-state index contributed by atoms with van der Waals surface area (Å²) in [5, 5.41) is 3.43. The Morgan fingerprint density at radius 3 is 2.50 bits per heavy atom. The van der Waals surface area contributed by atoms with Crippen LogP contribution >= 0.6 is 23.2 Å². The molecule has 112 valence electrons. The number of alkyl halides is 2. The quantitative estimate of drug-likeness (QED) is 0.855. The predicted octanol–water partition coefficient (Wildman–Crippen LogP) is 4.13. The fraction of sp³-hybridized carbons (Fsp3) is 0.538. The highest BCUT2D eigenvalue weighted by Gasteiger charge is 2.26. The van der Waals surface area contributed by atoms with Gasteiger partial charge >= 0.3 is 6.61 Å². The van der Waals surface area contributed by atoms with Crippen molar-refractivity contribution < 1.29 is 13.5 Å². The van der Waals surface area contributed by atoms with E-state index in [4.69, 9.17) is 28.9 Å². The molecule has 2 unspecified atom stereocenters. The first kappa shape index (κ1) is 15.6. The van der Waals surface area contributed by atoms with Crippen molar-refractivity contribution in [3.8, 4) is 5.75 Å². The van der Waals surface area contributed by atoms with Crippen molar-refractivity contribution in [1.82, 2.24) is 0 Å². The van der Waals surface area contributed by atoms with Crippen LogP contribution in [-0.2, 0) is 0 Å². The first-order valence-corrected chi connectivity index (χ1v) is 7.17. The summed E-state index contributed by atoms with van der Waals surface area (Å²) in [5.74, 6) is 0.209. The van der Waals surface area contributed by atoms with Crippen LogP contribution in [0.1, 0.15) is 19.3 Å². The van der Waals surface area contributed by atoms with Crippen LogP contribution in [0.25, 0.3) is 0 Å². The molecule has 3 nitrogen and oxygen atoms in total. The Kier molecular flexibility index (Phi) is 5.29. The standard InChI is InChI=1S/C13H16Cl2F2N2O/c14-9-4-8(5-10(15)12(9)20-13(16)17)19-11-3-1-2-7(11)6-18/h4-5,7,11,13,19H,1-3,6,18H2. The first-order valence-electron chi connectivity index (χ1n) is 6.41. The van der Waals surface area contributed by atoms with Gasteiger partial charge in [0.05, 0.1) is 10.0 Å². The van der Waals surface area contributed by atoms with E-state index in [2.05, 4.69) is 10.1 Å². The molecule has 1 fully saturated rings. The molecule has 1 aromatic carbocycles. The number of benzene rings is 1. The number of anilines is 1. The van der Waals surface area contributed by atoms with Gasteiger partial charge in [0.1, 0.15) is 0 Å². The number of nitrogens with two attached hydrogens (primary N) is 1. The fourth-order valence-electron chi connectivity index (χ4n) is 2.57. The predicted molar refractivity (Wildman–Crippen MR) is 76.9 cm³/mol. The van der Waals surface area contributed by atoms with Crippen LogP contribution < -0.4 is 15.8 Å². The molecule has 0 heterocycles. The molecular weight excluding hydrogens is 309 g/mol. The molecule has 20 heavy (non-hydrogen) atoms. The van der Waals surface area contributed by atoms with Crippen LogP contribution in [0.15, 0.2) is 12.1 Å². The molecule has 0 bridgehead atoms. The summed E-state index contributed by atoms with van der Waals surface area (Å²) in [5.41, 5.74) is 6.41. The van der Waals surface area contributed by atoms with Gasteiger partial charge in [0, 0.05) is 11.7 Å². The second kappa shape index (κ2) is 6.78. The molecule has 0 aliphatic heterocycles. The van der Waals surface area contributed by atoms with Gasteiger partial charge in [-0.3, -0.25) is 0 Å². The van der Waals surface area contributed by atoms with Gasteiger partial charge in [-0.15, -0.1) is 0 Å². The van der Waals surface area contributed by atoms with Gasteiger partial charge in [-0.05, 0) is 37.4 Å². The normalized spacial score (nSPS) is 22.3. The van der Waals surface area contributed by atoms with E-state index in [1.807, 2.05) is 0 Å². The lowest BCUT2D eigenvalue weighted by molar-refractivity contribution is -0.0497. The van der Waals surface area contributed by atoms with Crippen LogP contribution in [-0.4, -0.2) is 19.2 Å². The van der Waals surface area contributed by atoms with Crippen molar-refractivity contribution in [2.75, 3.05) is 11.9 Å². The number of nitrogens with one attached hydrogen (secondary N) is 1. The molecule has 1 aliphatic carbocycles. The molecule has 0 saturated heterocycles. The minimum atomic E-state index is -2.96. The Balaban J connectivity index is 2.13. The van der Waals surface area contributed by atoms with Crippen LogP contribution in [0, 0.1) is 5.92 Å². The molecule has 7 heteroatoms. The minimum absolute atomic E-state index is 0.0580. The summed E-state index contributed by atoms with van der Waals surface area (Å²) >= 11 is 11.9. The summed E-state index contributed by atoms with van der Waals surface area (Å²) in [6.07, 6.45) is 3.22. The molecule has 2 rings (SSSR count). The van der Waals surface area contributed by atoms with Gasteiger partial charge in [0.15, 0.2) is 5.75 Å². The maximum absolute atomic E-state index is 12.2. The Hall–Kier alpha value is -0.780. The van der Waals surface area contributed by atoms with E-state index >= 15 is 0 Å². The number of ether oxygens (including phenoxy) is 1.